The molecular formula is C15H18ClF3N2O2S. The van der Waals surface area contributed by atoms with Crippen molar-refractivity contribution in [1.29, 1.82) is 0 Å². The second kappa shape index (κ2) is 6.16. The normalized spacial score (nSPS) is 28.8. The van der Waals surface area contributed by atoms with E-state index in [2.05, 4.69) is 0 Å². The largest absolute Gasteiger partial charge is 0.416 e. The van der Waals surface area contributed by atoms with Crippen molar-refractivity contribution in [2.75, 3.05) is 13.1 Å². The summed E-state index contributed by atoms with van der Waals surface area (Å²) in [4.78, 5) is -0.494. The Kier molecular flexibility index (Phi) is 4.61. The molecule has 0 amide bonds. The zero-order valence-corrected chi connectivity index (χ0v) is 14.3. The Labute approximate surface area is 143 Å². The molecular weight excluding hydrogens is 365 g/mol. The maximum Gasteiger partial charge on any atom is 0.416 e. The van der Waals surface area contributed by atoms with E-state index >= 15 is 0 Å². The zero-order chi connectivity index (χ0) is 17.7. The van der Waals surface area contributed by atoms with Crippen LogP contribution in [0.25, 0.3) is 0 Å². The number of nitrogens with two attached hydrogens (primary N) is 1. The third kappa shape index (κ3) is 3.16. The third-order valence-electron chi connectivity index (χ3n) is 5.00. The Morgan fingerprint density at radius 1 is 1.21 bits per heavy atom. The minimum absolute atomic E-state index is 0.0538. The van der Waals surface area contributed by atoms with Gasteiger partial charge in [0.05, 0.1) is 10.6 Å². The summed E-state index contributed by atoms with van der Waals surface area (Å²) in [6, 6.07) is 2.30. The van der Waals surface area contributed by atoms with E-state index in [1.165, 1.54) is 4.31 Å². The van der Waals surface area contributed by atoms with E-state index in [1.54, 1.807) is 0 Å². The van der Waals surface area contributed by atoms with Crippen LogP contribution in [0.4, 0.5) is 13.2 Å². The van der Waals surface area contributed by atoms with Gasteiger partial charge in [0.15, 0.2) is 0 Å². The molecule has 0 radical (unpaired) electrons. The number of halogens is 4. The van der Waals surface area contributed by atoms with Crippen molar-refractivity contribution in [3.8, 4) is 0 Å². The van der Waals surface area contributed by atoms with Gasteiger partial charge in [0, 0.05) is 19.1 Å². The van der Waals surface area contributed by atoms with E-state index in [0.717, 1.165) is 31.4 Å². The molecule has 1 aliphatic heterocycles. The number of alkyl halides is 3. The molecule has 4 nitrogen and oxygen atoms in total. The van der Waals surface area contributed by atoms with E-state index in [4.69, 9.17) is 17.3 Å². The maximum atomic E-state index is 12.9. The Balaban J connectivity index is 1.94. The van der Waals surface area contributed by atoms with Gasteiger partial charge in [-0.25, -0.2) is 8.42 Å². The van der Waals surface area contributed by atoms with Crippen LogP contribution in [0.2, 0.25) is 5.02 Å². The van der Waals surface area contributed by atoms with E-state index in [9.17, 15) is 21.6 Å². The molecule has 1 saturated heterocycles. The van der Waals surface area contributed by atoms with Crippen LogP contribution in [0.3, 0.4) is 0 Å². The van der Waals surface area contributed by atoms with Crippen molar-refractivity contribution < 1.29 is 21.6 Å². The molecule has 0 aromatic heterocycles. The predicted molar refractivity (Wildman–Crippen MR) is 84.0 cm³/mol. The highest BCUT2D eigenvalue weighted by Crippen LogP contribution is 2.40. The van der Waals surface area contributed by atoms with Crippen molar-refractivity contribution >= 4 is 21.6 Å². The minimum atomic E-state index is -4.63. The van der Waals surface area contributed by atoms with Gasteiger partial charge in [0.1, 0.15) is 4.90 Å². The number of sulfonamides is 1. The first-order valence-electron chi connectivity index (χ1n) is 7.73. The lowest BCUT2D eigenvalue weighted by Gasteiger charge is -2.29. The van der Waals surface area contributed by atoms with Crippen LogP contribution in [0.15, 0.2) is 23.1 Å². The molecule has 1 aliphatic carbocycles. The summed E-state index contributed by atoms with van der Waals surface area (Å²) in [6.45, 7) is 0.522. The minimum Gasteiger partial charge on any atom is -0.327 e. The first-order valence-corrected chi connectivity index (χ1v) is 9.55. The Hall–Kier alpha value is -0.830. The van der Waals surface area contributed by atoms with Crippen LogP contribution in [0.5, 0.6) is 0 Å². The number of fused-ring (bicyclic) bond motifs is 1. The third-order valence-corrected chi connectivity index (χ3v) is 7.31. The summed E-state index contributed by atoms with van der Waals surface area (Å²) in [5, 5.41) is -0.206. The van der Waals surface area contributed by atoms with Gasteiger partial charge in [-0.1, -0.05) is 18.0 Å². The molecule has 0 spiro atoms. The summed E-state index contributed by atoms with van der Waals surface area (Å²) < 4.78 is 65.5. The lowest BCUT2D eigenvalue weighted by atomic mass is 9.78. The molecule has 2 aliphatic rings. The van der Waals surface area contributed by atoms with Crippen LogP contribution in [0, 0.1) is 11.8 Å². The number of rotatable bonds is 2. The summed E-state index contributed by atoms with van der Waals surface area (Å²) in [5.41, 5.74) is 5.05. The summed E-state index contributed by atoms with van der Waals surface area (Å²) in [6.07, 6.45) is -1.95. The Morgan fingerprint density at radius 3 is 2.54 bits per heavy atom. The second-order valence-electron chi connectivity index (χ2n) is 6.48. The SMILES string of the molecule is NC1CCCC2CN(S(=O)(=O)c3cc(C(F)(F)F)ccc3Cl)CC12. The first-order chi connectivity index (χ1) is 11.1. The molecule has 9 heteroatoms. The summed E-state index contributed by atoms with van der Waals surface area (Å²) in [5.74, 6) is 0.214. The standard InChI is InChI=1S/C15H18ClF3N2O2S/c16-12-5-4-10(15(17,18)19)6-14(12)24(22,23)21-7-9-2-1-3-13(20)11(9)8-21/h4-6,9,11,13H,1-3,7-8,20H2. The summed E-state index contributed by atoms with van der Waals surface area (Å²) >= 11 is 5.89. The Morgan fingerprint density at radius 2 is 1.92 bits per heavy atom. The van der Waals surface area contributed by atoms with Crippen molar-refractivity contribution in [2.24, 2.45) is 17.6 Å². The van der Waals surface area contributed by atoms with Crippen LogP contribution in [-0.4, -0.2) is 31.9 Å². The maximum absolute atomic E-state index is 12.9. The fourth-order valence-electron chi connectivity index (χ4n) is 3.69. The average Bonchev–Trinajstić information content (AvgIpc) is 2.92. The predicted octanol–water partition coefficient (Wildman–Crippen LogP) is 3.11. The molecule has 24 heavy (non-hydrogen) atoms. The van der Waals surface area contributed by atoms with Crippen molar-refractivity contribution in [2.45, 2.75) is 36.4 Å². The molecule has 1 saturated carbocycles. The van der Waals surface area contributed by atoms with Gasteiger partial charge in [0.2, 0.25) is 10.0 Å². The Bertz CT molecular complexity index is 739. The number of hydrogen-bond acceptors (Lipinski definition) is 3. The molecule has 1 heterocycles. The lowest BCUT2D eigenvalue weighted by Crippen LogP contribution is -2.38. The van der Waals surface area contributed by atoms with E-state index < -0.39 is 26.7 Å². The van der Waals surface area contributed by atoms with Crippen molar-refractivity contribution in [3.63, 3.8) is 0 Å². The monoisotopic (exact) mass is 382 g/mol. The highest BCUT2D eigenvalue weighted by atomic mass is 35.5. The molecule has 134 valence electrons. The molecule has 2 fully saturated rings. The molecule has 2 N–H and O–H groups in total. The molecule has 1 aromatic carbocycles. The highest BCUT2D eigenvalue weighted by Gasteiger charge is 2.44. The van der Waals surface area contributed by atoms with Crippen LogP contribution in [-0.2, 0) is 16.2 Å². The van der Waals surface area contributed by atoms with Crippen LogP contribution < -0.4 is 5.73 Å². The fraction of sp³-hybridized carbons (Fsp3) is 0.600. The lowest BCUT2D eigenvalue weighted by molar-refractivity contribution is -0.137. The van der Waals surface area contributed by atoms with Gasteiger partial charge < -0.3 is 5.73 Å². The van der Waals surface area contributed by atoms with E-state index in [-0.39, 0.29) is 36.0 Å². The molecule has 3 atom stereocenters. The van der Waals surface area contributed by atoms with Gasteiger partial charge >= 0.3 is 6.18 Å². The van der Waals surface area contributed by atoms with Crippen molar-refractivity contribution in [3.05, 3.63) is 28.8 Å². The molecule has 1 aromatic rings. The number of nitrogens with zero attached hydrogens (tertiary/aromatic N) is 1. The van der Waals surface area contributed by atoms with E-state index in [1.807, 2.05) is 0 Å². The average molecular weight is 383 g/mol. The molecule has 3 unspecified atom stereocenters. The quantitative estimate of drug-likeness (QED) is 0.854. The van der Waals surface area contributed by atoms with Crippen LogP contribution >= 0.6 is 11.6 Å². The fourth-order valence-corrected chi connectivity index (χ4v) is 5.72. The van der Waals surface area contributed by atoms with Crippen molar-refractivity contribution in [1.82, 2.24) is 4.31 Å². The van der Waals surface area contributed by atoms with Gasteiger partial charge in [-0.05, 0) is 42.9 Å². The van der Waals surface area contributed by atoms with Gasteiger partial charge in [0.25, 0.3) is 0 Å². The van der Waals surface area contributed by atoms with Gasteiger partial charge in [-0.2, -0.15) is 17.5 Å². The highest BCUT2D eigenvalue weighted by molar-refractivity contribution is 7.89. The number of benzene rings is 1. The van der Waals surface area contributed by atoms with E-state index in [0.29, 0.717) is 6.07 Å². The molecule has 3 rings (SSSR count). The first kappa shape index (κ1) is 18.0. The van der Waals surface area contributed by atoms with Crippen LogP contribution in [0.1, 0.15) is 24.8 Å². The van der Waals surface area contributed by atoms with Gasteiger partial charge in [-0.3, -0.25) is 0 Å². The summed E-state index contributed by atoms with van der Waals surface area (Å²) in [7, 11) is -4.09. The number of hydrogen-bond donors (Lipinski definition) is 1. The topological polar surface area (TPSA) is 63.4 Å². The zero-order valence-electron chi connectivity index (χ0n) is 12.8. The smallest absolute Gasteiger partial charge is 0.327 e. The molecule has 0 bridgehead atoms. The van der Waals surface area contributed by atoms with Gasteiger partial charge in [-0.15, -0.1) is 0 Å². The second-order valence-corrected chi connectivity index (χ2v) is 8.80.